The molecule has 1 N–H and O–H groups in total. The molecule has 0 aliphatic carbocycles. The van der Waals surface area contributed by atoms with Crippen LogP contribution >= 0.6 is 0 Å². The van der Waals surface area contributed by atoms with Crippen LogP contribution in [0.25, 0.3) is 11.4 Å². The van der Waals surface area contributed by atoms with Crippen LogP contribution in [0.2, 0.25) is 0 Å². The van der Waals surface area contributed by atoms with E-state index in [1.807, 2.05) is 48.5 Å². The van der Waals surface area contributed by atoms with Crippen molar-refractivity contribution in [2.45, 2.75) is 19.4 Å². The minimum absolute atomic E-state index is 0.0647. The number of ether oxygens (including phenoxy) is 2. The highest BCUT2D eigenvalue weighted by atomic mass is 16.5. The summed E-state index contributed by atoms with van der Waals surface area (Å²) in [6, 6.07) is 15.0. The van der Waals surface area contributed by atoms with Crippen LogP contribution in [0.15, 0.2) is 53.3 Å². The number of carbonyl (C=O) groups excluding carboxylic acids is 1. The molecule has 0 saturated heterocycles. The summed E-state index contributed by atoms with van der Waals surface area (Å²) in [5, 5.41) is 7.25. The number of amides is 1. The molecular formula is C22H26N4O4. The van der Waals surface area contributed by atoms with Gasteiger partial charge in [0.1, 0.15) is 11.5 Å². The Balaban J connectivity index is 1.52. The Hall–Kier alpha value is -3.55. The van der Waals surface area contributed by atoms with Crippen molar-refractivity contribution in [3.05, 3.63) is 64.6 Å². The zero-order valence-electron chi connectivity index (χ0n) is 17.4. The Kier molecular flexibility index (Phi) is 6.90. The number of nitrogens with zero attached hydrogens (tertiary/aromatic N) is 3. The van der Waals surface area contributed by atoms with Gasteiger partial charge in [0.2, 0.25) is 5.91 Å². The molecule has 0 aliphatic rings. The number of hydrogen-bond acceptors (Lipinski definition) is 5. The van der Waals surface area contributed by atoms with Gasteiger partial charge in [-0.15, -0.1) is 5.10 Å². The molecule has 2 aromatic carbocycles. The average Bonchev–Trinajstić information content (AvgIpc) is 3.06. The maximum atomic E-state index is 12.4. The monoisotopic (exact) mass is 410 g/mol. The van der Waals surface area contributed by atoms with Crippen molar-refractivity contribution in [3.8, 4) is 22.9 Å². The highest BCUT2D eigenvalue weighted by Gasteiger charge is 2.12. The van der Waals surface area contributed by atoms with Crippen LogP contribution < -0.4 is 20.5 Å². The van der Waals surface area contributed by atoms with Crippen LogP contribution in [0.3, 0.4) is 0 Å². The van der Waals surface area contributed by atoms with E-state index in [0.29, 0.717) is 31.8 Å². The third-order valence-corrected chi connectivity index (χ3v) is 4.83. The van der Waals surface area contributed by atoms with E-state index in [-0.39, 0.29) is 11.6 Å². The molecule has 0 radical (unpaired) electrons. The summed E-state index contributed by atoms with van der Waals surface area (Å²) < 4.78 is 13.1. The zero-order valence-corrected chi connectivity index (χ0v) is 17.4. The fourth-order valence-electron chi connectivity index (χ4n) is 3.06. The highest BCUT2D eigenvalue weighted by Crippen LogP contribution is 2.19. The van der Waals surface area contributed by atoms with Gasteiger partial charge in [0.05, 0.1) is 20.8 Å². The van der Waals surface area contributed by atoms with E-state index in [9.17, 15) is 9.59 Å². The second-order valence-electron chi connectivity index (χ2n) is 6.81. The molecule has 0 aliphatic heterocycles. The van der Waals surface area contributed by atoms with E-state index in [0.717, 1.165) is 22.6 Å². The maximum absolute atomic E-state index is 12.4. The lowest BCUT2D eigenvalue weighted by Gasteiger charge is -2.06. The normalized spacial score (nSPS) is 10.6. The standard InChI is InChI=1S/C22H26N4O4/c1-25-21(17-7-11-19(30-3)12-8-17)24-26(22(25)28)15-14-23-20(27)13-6-16-4-9-18(29-2)10-5-16/h4-5,7-12H,6,13-15H2,1-3H3,(H,23,27). The second kappa shape index (κ2) is 9.78. The average molecular weight is 410 g/mol. The predicted molar refractivity (Wildman–Crippen MR) is 114 cm³/mol. The lowest BCUT2D eigenvalue weighted by atomic mass is 10.1. The lowest BCUT2D eigenvalue weighted by molar-refractivity contribution is -0.121. The molecule has 0 fully saturated rings. The quantitative estimate of drug-likeness (QED) is 0.583. The molecule has 8 nitrogen and oxygen atoms in total. The van der Waals surface area contributed by atoms with E-state index >= 15 is 0 Å². The molecule has 0 saturated carbocycles. The third kappa shape index (κ3) is 5.08. The summed E-state index contributed by atoms with van der Waals surface area (Å²) >= 11 is 0. The molecule has 8 heteroatoms. The molecule has 1 amide bonds. The first-order valence-corrected chi connectivity index (χ1v) is 9.69. The van der Waals surface area contributed by atoms with Crippen molar-refractivity contribution in [1.82, 2.24) is 19.7 Å². The molecule has 3 aromatic rings. The largest absolute Gasteiger partial charge is 0.497 e. The predicted octanol–water partition coefficient (Wildman–Crippen LogP) is 2.01. The fourth-order valence-corrected chi connectivity index (χ4v) is 3.06. The number of carbonyl (C=O) groups is 1. The Morgan fingerprint density at radius 3 is 2.20 bits per heavy atom. The Morgan fingerprint density at radius 2 is 1.60 bits per heavy atom. The van der Waals surface area contributed by atoms with Crippen LogP contribution in [0.4, 0.5) is 0 Å². The van der Waals surface area contributed by atoms with E-state index in [2.05, 4.69) is 10.4 Å². The van der Waals surface area contributed by atoms with E-state index < -0.39 is 0 Å². The van der Waals surface area contributed by atoms with Crippen LogP contribution in [-0.2, 0) is 24.8 Å². The molecule has 0 spiro atoms. The van der Waals surface area contributed by atoms with Crippen molar-refractivity contribution in [2.75, 3.05) is 20.8 Å². The van der Waals surface area contributed by atoms with Crippen molar-refractivity contribution in [2.24, 2.45) is 7.05 Å². The van der Waals surface area contributed by atoms with Crippen LogP contribution in [-0.4, -0.2) is 41.0 Å². The molecular weight excluding hydrogens is 384 g/mol. The topological polar surface area (TPSA) is 87.4 Å². The lowest BCUT2D eigenvalue weighted by Crippen LogP contribution is -2.31. The molecule has 30 heavy (non-hydrogen) atoms. The molecule has 0 bridgehead atoms. The first-order chi connectivity index (χ1) is 14.5. The minimum Gasteiger partial charge on any atom is -0.497 e. The number of nitrogens with one attached hydrogen (secondary N) is 1. The van der Waals surface area contributed by atoms with Gasteiger partial charge in [-0.25, -0.2) is 9.48 Å². The smallest absolute Gasteiger partial charge is 0.345 e. The summed E-state index contributed by atoms with van der Waals surface area (Å²) in [5.74, 6) is 2.03. The van der Waals surface area contributed by atoms with Gasteiger partial charge in [-0.05, 0) is 48.4 Å². The van der Waals surface area contributed by atoms with Gasteiger partial charge in [0.15, 0.2) is 5.82 Å². The SMILES string of the molecule is COc1ccc(CCC(=O)NCCn2nc(-c3ccc(OC)cc3)n(C)c2=O)cc1. The first kappa shape index (κ1) is 21.2. The van der Waals surface area contributed by atoms with E-state index in [4.69, 9.17) is 9.47 Å². The Morgan fingerprint density at radius 1 is 1.00 bits per heavy atom. The molecule has 0 atom stereocenters. The third-order valence-electron chi connectivity index (χ3n) is 4.83. The molecule has 3 rings (SSSR count). The first-order valence-electron chi connectivity index (χ1n) is 9.69. The Labute approximate surface area is 175 Å². The fraction of sp³-hybridized carbons (Fsp3) is 0.318. The number of rotatable bonds is 9. The van der Waals surface area contributed by atoms with Crippen molar-refractivity contribution >= 4 is 5.91 Å². The maximum Gasteiger partial charge on any atom is 0.345 e. The molecule has 1 aromatic heterocycles. The summed E-state index contributed by atoms with van der Waals surface area (Å²) in [6.07, 6.45) is 1.02. The minimum atomic E-state index is -0.228. The van der Waals surface area contributed by atoms with Gasteiger partial charge in [-0.3, -0.25) is 9.36 Å². The van der Waals surface area contributed by atoms with Gasteiger partial charge in [0.25, 0.3) is 0 Å². The van der Waals surface area contributed by atoms with Crippen LogP contribution in [0.1, 0.15) is 12.0 Å². The second-order valence-corrected chi connectivity index (χ2v) is 6.81. The van der Waals surface area contributed by atoms with Gasteiger partial charge in [-0.2, -0.15) is 0 Å². The number of aromatic nitrogens is 3. The summed E-state index contributed by atoms with van der Waals surface area (Å²) in [5.41, 5.74) is 1.65. The van der Waals surface area contributed by atoms with Crippen molar-refractivity contribution < 1.29 is 14.3 Å². The van der Waals surface area contributed by atoms with Crippen LogP contribution in [0.5, 0.6) is 11.5 Å². The van der Waals surface area contributed by atoms with E-state index in [1.54, 1.807) is 21.3 Å². The summed E-state index contributed by atoms with van der Waals surface area (Å²) in [4.78, 5) is 24.5. The van der Waals surface area contributed by atoms with Crippen LogP contribution in [0, 0.1) is 0 Å². The van der Waals surface area contributed by atoms with Gasteiger partial charge in [-0.1, -0.05) is 12.1 Å². The molecule has 1 heterocycles. The molecule has 158 valence electrons. The number of hydrogen-bond donors (Lipinski definition) is 1. The molecule has 0 unspecified atom stereocenters. The van der Waals surface area contributed by atoms with Gasteiger partial charge in [0, 0.05) is 25.6 Å². The van der Waals surface area contributed by atoms with Gasteiger partial charge < -0.3 is 14.8 Å². The summed E-state index contributed by atoms with van der Waals surface area (Å²) in [6.45, 7) is 0.636. The van der Waals surface area contributed by atoms with Gasteiger partial charge >= 0.3 is 5.69 Å². The highest BCUT2D eigenvalue weighted by molar-refractivity contribution is 5.76. The zero-order chi connectivity index (χ0) is 21.5. The van der Waals surface area contributed by atoms with E-state index in [1.165, 1.54) is 9.25 Å². The van der Waals surface area contributed by atoms with Crippen molar-refractivity contribution in [3.63, 3.8) is 0 Å². The summed E-state index contributed by atoms with van der Waals surface area (Å²) in [7, 11) is 4.90. The number of benzene rings is 2. The van der Waals surface area contributed by atoms with Crippen molar-refractivity contribution in [1.29, 1.82) is 0 Å². The number of methoxy groups -OCH3 is 2. The number of aryl methyl sites for hydroxylation is 1. The Bertz CT molecular complexity index is 1040.